The maximum atomic E-state index is 11.1. The van der Waals surface area contributed by atoms with Crippen LogP contribution in [0.1, 0.15) is 46.0 Å². The highest BCUT2D eigenvalue weighted by Crippen LogP contribution is 2.44. The van der Waals surface area contributed by atoms with Crippen LogP contribution in [0.4, 0.5) is 4.79 Å². The van der Waals surface area contributed by atoms with Crippen LogP contribution in [0.2, 0.25) is 0 Å². The SMILES string of the molecule is CC.CN1C(=O)NC=CC[C@H]1C(N)=O.CN1CC2(CCC(I)CC2)C1.I. The van der Waals surface area contributed by atoms with Gasteiger partial charge >= 0.3 is 6.03 Å². The van der Waals surface area contributed by atoms with E-state index in [-0.39, 0.29) is 30.0 Å². The van der Waals surface area contributed by atoms with Gasteiger partial charge < -0.3 is 20.9 Å². The summed E-state index contributed by atoms with van der Waals surface area (Å²) >= 11 is 2.61. The zero-order chi connectivity index (χ0) is 19.0. The minimum atomic E-state index is -0.538. The van der Waals surface area contributed by atoms with Gasteiger partial charge in [-0.1, -0.05) is 42.5 Å². The molecule has 3 aliphatic rings. The lowest BCUT2D eigenvalue weighted by atomic mass is 9.69. The Hall–Kier alpha value is -0.100. The van der Waals surface area contributed by atoms with E-state index in [1.54, 1.807) is 6.08 Å². The molecule has 0 aromatic heterocycles. The molecule has 2 aliphatic heterocycles. The van der Waals surface area contributed by atoms with Gasteiger partial charge in [0, 0.05) is 30.3 Å². The van der Waals surface area contributed by atoms with Gasteiger partial charge in [-0.3, -0.25) is 4.79 Å². The molecule has 0 radical (unpaired) electrons. The molecule has 2 fully saturated rings. The number of carbonyl (C=O) groups excluding carboxylic acids is 2. The van der Waals surface area contributed by atoms with Crippen LogP contribution in [-0.4, -0.2) is 58.9 Å². The van der Waals surface area contributed by atoms with Gasteiger partial charge in [-0.25, -0.2) is 4.79 Å². The van der Waals surface area contributed by atoms with Crippen LogP contribution in [0.25, 0.3) is 0 Å². The summed E-state index contributed by atoms with van der Waals surface area (Å²) in [6.07, 6.45) is 9.60. The van der Waals surface area contributed by atoms with E-state index in [0.717, 1.165) is 9.34 Å². The van der Waals surface area contributed by atoms with E-state index in [1.165, 1.54) is 56.9 Å². The van der Waals surface area contributed by atoms with Crippen molar-refractivity contribution in [2.75, 3.05) is 27.2 Å². The molecule has 1 atom stereocenters. The predicted molar refractivity (Wildman–Crippen MR) is 126 cm³/mol. The van der Waals surface area contributed by atoms with Crippen LogP contribution in [0.3, 0.4) is 0 Å². The fourth-order valence-electron chi connectivity index (χ4n) is 3.65. The number of rotatable bonds is 1. The number of nitrogens with two attached hydrogens (primary N) is 1. The third kappa shape index (κ3) is 7.49. The number of hydrogen-bond acceptors (Lipinski definition) is 3. The van der Waals surface area contributed by atoms with Crippen molar-refractivity contribution < 1.29 is 9.59 Å². The molecule has 1 saturated heterocycles. The first-order valence-electron chi connectivity index (χ1n) is 9.13. The zero-order valence-electron chi connectivity index (χ0n) is 16.3. The summed E-state index contributed by atoms with van der Waals surface area (Å²) in [6, 6.07) is -0.851. The van der Waals surface area contributed by atoms with Crippen LogP contribution in [0.5, 0.6) is 0 Å². The van der Waals surface area contributed by atoms with Crippen molar-refractivity contribution in [2.45, 2.75) is 55.9 Å². The molecule has 1 spiro atoms. The summed E-state index contributed by atoms with van der Waals surface area (Å²) in [5.41, 5.74) is 5.87. The fourth-order valence-corrected chi connectivity index (χ4v) is 4.27. The van der Waals surface area contributed by atoms with Crippen molar-refractivity contribution in [3.8, 4) is 0 Å². The topological polar surface area (TPSA) is 78.7 Å². The predicted octanol–water partition coefficient (Wildman–Crippen LogP) is 3.34. The number of primary amides is 1. The number of halogens is 2. The molecule has 0 aromatic rings. The van der Waals surface area contributed by atoms with Crippen molar-refractivity contribution in [3.63, 3.8) is 0 Å². The number of nitrogens with one attached hydrogen (secondary N) is 1. The van der Waals surface area contributed by atoms with Crippen LogP contribution in [0.15, 0.2) is 12.3 Å². The van der Waals surface area contributed by atoms with Gasteiger partial charge in [-0.05, 0) is 44.6 Å². The molecule has 0 bridgehead atoms. The summed E-state index contributed by atoms with van der Waals surface area (Å²) in [5.74, 6) is -0.487. The van der Waals surface area contributed by atoms with Gasteiger partial charge in [0.15, 0.2) is 0 Å². The summed E-state index contributed by atoms with van der Waals surface area (Å²) < 4.78 is 0.976. The van der Waals surface area contributed by atoms with Crippen molar-refractivity contribution in [1.82, 2.24) is 15.1 Å². The molecular formula is C18H34I2N4O2. The van der Waals surface area contributed by atoms with Crippen LogP contribution < -0.4 is 11.1 Å². The molecule has 3 amide bonds. The number of likely N-dealkylation sites (N-methyl/N-ethyl adjacent to an activating group) is 1. The van der Waals surface area contributed by atoms with Gasteiger partial charge in [-0.15, -0.1) is 24.0 Å². The zero-order valence-corrected chi connectivity index (χ0v) is 20.8. The average Bonchev–Trinajstić information content (AvgIpc) is 2.73. The van der Waals surface area contributed by atoms with Crippen LogP contribution in [0, 0.1) is 5.41 Å². The summed E-state index contributed by atoms with van der Waals surface area (Å²) in [5, 5.41) is 2.48. The number of hydrogen-bond donors (Lipinski definition) is 2. The van der Waals surface area contributed by atoms with Gasteiger partial charge in [0.25, 0.3) is 0 Å². The Labute approximate surface area is 188 Å². The molecule has 6 nitrogen and oxygen atoms in total. The second kappa shape index (κ2) is 12.4. The van der Waals surface area contributed by atoms with Crippen molar-refractivity contribution in [2.24, 2.45) is 11.1 Å². The first kappa shape index (κ1) is 25.9. The maximum Gasteiger partial charge on any atom is 0.321 e. The van der Waals surface area contributed by atoms with E-state index in [0.29, 0.717) is 6.42 Å². The average molecular weight is 592 g/mol. The minimum Gasteiger partial charge on any atom is -0.368 e. The lowest BCUT2D eigenvalue weighted by Gasteiger charge is -2.51. The summed E-state index contributed by atoms with van der Waals surface area (Å²) in [4.78, 5) is 25.7. The first-order chi connectivity index (χ1) is 11.8. The molecule has 26 heavy (non-hydrogen) atoms. The Kier molecular flexibility index (Phi) is 12.3. The van der Waals surface area contributed by atoms with Crippen molar-refractivity contribution in [1.29, 1.82) is 0 Å². The standard InChI is InChI=1S/C9H16IN.C7H11N3O2.C2H6.HI/c1-11-6-9(7-11)4-2-8(10)3-5-9;1-10-5(6(8)11)3-2-4-9-7(10)12;1-2;/h8H,2-7H2,1H3;2,4-5H,3H2,1H3,(H2,8,11)(H,9,12);1-2H3;1H/t;5-;;/m.0../s1. The van der Waals surface area contributed by atoms with Crippen molar-refractivity contribution >= 4 is 58.5 Å². The fraction of sp³-hybridized carbons (Fsp3) is 0.778. The number of carbonyl (C=O) groups is 2. The normalized spacial score (nSPS) is 24.6. The number of likely N-dealkylation sites (tertiary alicyclic amines) is 1. The highest BCUT2D eigenvalue weighted by atomic mass is 127. The smallest absolute Gasteiger partial charge is 0.321 e. The van der Waals surface area contributed by atoms with E-state index in [1.807, 2.05) is 13.8 Å². The third-order valence-corrected chi connectivity index (χ3v) is 6.23. The quantitative estimate of drug-likeness (QED) is 0.363. The van der Waals surface area contributed by atoms with E-state index in [9.17, 15) is 9.59 Å². The Morgan fingerprint density at radius 2 is 1.81 bits per heavy atom. The van der Waals surface area contributed by atoms with Crippen LogP contribution >= 0.6 is 46.6 Å². The second-order valence-electron chi connectivity index (χ2n) is 6.96. The monoisotopic (exact) mass is 592 g/mol. The highest BCUT2D eigenvalue weighted by Gasteiger charge is 2.42. The molecule has 3 N–H and O–H groups in total. The Morgan fingerprint density at radius 1 is 1.27 bits per heavy atom. The van der Waals surface area contributed by atoms with E-state index in [2.05, 4.69) is 39.9 Å². The van der Waals surface area contributed by atoms with Gasteiger partial charge in [0.2, 0.25) is 5.91 Å². The largest absolute Gasteiger partial charge is 0.368 e. The molecule has 0 unspecified atom stereocenters. The molecular weight excluding hydrogens is 558 g/mol. The molecule has 152 valence electrons. The number of alkyl halides is 1. The molecule has 8 heteroatoms. The maximum absolute atomic E-state index is 11.1. The first-order valence-corrected chi connectivity index (χ1v) is 10.4. The Bertz CT molecular complexity index is 472. The third-order valence-electron chi connectivity index (χ3n) is 4.99. The molecule has 2 heterocycles. The highest BCUT2D eigenvalue weighted by molar-refractivity contribution is 14.1. The number of amides is 3. The van der Waals surface area contributed by atoms with Gasteiger partial charge in [0.05, 0.1) is 0 Å². The lowest BCUT2D eigenvalue weighted by Crippen LogP contribution is -2.55. The van der Waals surface area contributed by atoms with Gasteiger partial charge in [-0.2, -0.15) is 0 Å². The number of nitrogens with zero attached hydrogens (tertiary/aromatic N) is 2. The van der Waals surface area contributed by atoms with E-state index >= 15 is 0 Å². The lowest BCUT2D eigenvalue weighted by molar-refractivity contribution is -0.121. The van der Waals surface area contributed by atoms with Crippen LogP contribution in [-0.2, 0) is 4.79 Å². The van der Waals surface area contributed by atoms with Gasteiger partial charge in [0.1, 0.15) is 6.04 Å². The minimum absolute atomic E-state index is 0. The summed E-state index contributed by atoms with van der Waals surface area (Å²) in [7, 11) is 3.78. The second-order valence-corrected chi connectivity index (χ2v) is 8.73. The van der Waals surface area contributed by atoms with E-state index in [4.69, 9.17) is 5.73 Å². The summed E-state index contributed by atoms with van der Waals surface area (Å²) in [6.45, 7) is 6.74. The van der Waals surface area contributed by atoms with E-state index < -0.39 is 11.9 Å². The van der Waals surface area contributed by atoms with Crippen molar-refractivity contribution in [3.05, 3.63) is 12.3 Å². The number of urea groups is 1. The molecule has 1 saturated carbocycles. The molecule has 3 rings (SSSR count). The Balaban J connectivity index is 0.000000425. The molecule has 0 aromatic carbocycles. The Morgan fingerprint density at radius 3 is 2.27 bits per heavy atom. The molecule has 1 aliphatic carbocycles.